The van der Waals surface area contributed by atoms with Gasteiger partial charge < -0.3 is 21.1 Å². The van der Waals surface area contributed by atoms with Crippen LogP contribution in [-0.4, -0.2) is 41.4 Å². The van der Waals surface area contributed by atoms with E-state index in [1.54, 1.807) is 0 Å². The summed E-state index contributed by atoms with van der Waals surface area (Å²) in [6.07, 6.45) is 2.68. The summed E-state index contributed by atoms with van der Waals surface area (Å²) in [5.74, 6) is 1.69. The van der Waals surface area contributed by atoms with Crippen molar-refractivity contribution in [1.29, 1.82) is 0 Å². The van der Waals surface area contributed by atoms with Crippen molar-refractivity contribution in [3.05, 3.63) is 41.6 Å². The van der Waals surface area contributed by atoms with Gasteiger partial charge in [-0.25, -0.2) is 4.68 Å². The van der Waals surface area contributed by atoms with Crippen LogP contribution in [0.3, 0.4) is 0 Å². The molecule has 0 saturated heterocycles. The van der Waals surface area contributed by atoms with Gasteiger partial charge in [0, 0.05) is 38.5 Å². The van der Waals surface area contributed by atoms with Gasteiger partial charge >= 0.3 is 0 Å². The Morgan fingerprint density at radius 2 is 2.29 bits per heavy atom. The summed E-state index contributed by atoms with van der Waals surface area (Å²) in [6.45, 7) is 3.26. The van der Waals surface area contributed by atoms with Crippen LogP contribution in [0.4, 0.5) is 5.82 Å². The molecule has 7 heteroatoms. The molecular formula is C17H21N5O2. The second kappa shape index (κ2) is 6.16. The maximum atomic E-state index is 11.3. The molecule has 24 heavy (non-hydrogen) atoms. The highest BCUT2D eigenvalue weighted by Crippen LogP contribution is 2.27. The molecule has 0 fully saturated rings. The van der Waals surface area contributed by atoms with Crippen LogP contribution in [0.2, 0.25) is 0 Å². The van der Waals surface area contributed by atoms with Gasteiger partial charge in [0.05, 0.1) is 6.20 Å². The highest BCUT2D eigenvalue weighted by molar-refractivity contribution is 5.97. The quantitative estimate of drug-likeness (QED) is 0.748. The van der Waals surface area contributed by atoms with Crippen LogP contribution in [0, 0.1) is 5.92 Å². The topological polar surface area (TPSA) is 94.2 Å². The zero-order valence-electron chi connectivity index (χ0n) is 13.4. The molecule has 4 rings (SSSR count). The number of nitrogens with one attached hydrogen (secondary N) is 2. The Hall–Kier alpha value is -2.54. The van der Waals surface area contributed by atoms with E-state index in [0.29, 0.717) is 11.5 Å². The Labute approximate surface area is 140 Å². The molecule has 0 radical (unpaired) electrons. The number of rotatable bonds is 5. The molecule has 2 unspecified atom stereocenters. The average molecular weight is 327 g/mol. The first kappa shape index (κ1) is 15.0. The Morgan fingerprint density at radius 3 is 3.12 bits per heavy atom. The van der Waals surface area contributed by atoms with Crippen LogP contribution in [0.1, 0.15) is 15.9 Å². The van der Waals surface area contributed by atoms with Crippen molar-refractivity contribution in [2.75, 3.05) is 25.0 Å². The fourth-order valence-electron chi connectivity index (χ4n) is 3.39. The summed E-state index contributed by atoms with van der Waals surface area (Å²) in [4.78, 5) is 11.3. The summed E-state index contributed by atoms with van der Waals surface area (Å²) < 4.78 is 7.75. The molecule has 2 aliphatic heterocycles. The second-order valence-corrected chi connectivity index (χ2v) is 6.41. The fourth-order valence-corrected chi connectivity index (χ4v) is 3.39. The maximum Gasteiger partial charge on any atom is 0.254 e. The van der Waals surface area contributed by atoms with Gasteiger partial charge in [-0.15, -0.1) is 0 Å². The van der Waals surface area contributed by atoms with Gasteiger partial charge in [-0.2, -0.15) is 5.10 Å². The number of carbonyl (C=O) groups excluding carboxylic acids is 1. The molecule has 0 bridgehead atoms. The monoisotopic (exact) mass is 327 g/mol. The van der Waals surface area contributed by atoms with Gasteiger partial charge in [-0.3, -0.25) is 4.79 Å². The van der Waals surface area contributed by atoms with Gasteiger partial charge in [-0.05, 0) is 11.6 Å². The number of amides is 1. The van der Waals surface area contributed by atoms with Gasteiger partial charge in [0.15, 0.2) is 0 Å². The lowest BCUT2D eigenvalue weighted by Gasteiger charge is -2.26. The van der Waals surface area contributed by atoms with Crippen molar-refractivity contribution in [2.45, 2.75) is 19.1 Å². The van der Waals surface area contributed by atoms with E-state index in [0.717, 1.165) is 44.2 Å². The number of hydrogen-bond donors (Lipinski definition) is 3. The van der Waals surface area contributed by atoms with E-state index in [9.17, 15) is 4.79 Å². The normalized spacial score (nSPS) is 21.5. The Kier molecular flexibility index (Phi) is 3.86. The van der Waals surface area contributed by atoms with E-state index in [-0.39, 0.29) is 6.10 Å². The van der Waals surface area contributed by atoms with Crippen molar-refractivity contribution in [3.8, 4) is 5.75 Å². The summed E-state index contributed by atoms with van der Waals surface area (Å²) >= 11 is 0. The number of anilines is 1. The third-order valence-electron chi connectivity index (χ3n) is 4.61. The van der Waals surface area contributed by atoms with E-state index in [2.05, 4.69) is 21.8 Å². The number of para-hydroxylation sites is 1. The molecule has 2 aliphatic rings. The molecule has 1 aromatic carbocycles. The van der Waals surface area contributed by atoms with Crippen LogP contribution in [0.5, 0.6) is 5.75 Å². The fraction of sp³-hybridized carbons (Fsp3) is 0.412. The zero-order chi connectivity index (χ0) is 16.5. The van der Waals surface area contributed by atoms with Gasteiger partial charge in [0.1, 0.15) is 23.2 Å². The molecule has 1 aromatic heterocycles. The van der Waals surface area contributed by atoms with E-state index in [1.165, 1.54) is 11.8 Å². The molecule has 7 nitrogen and oxygen atoms in total. The number of hydrogen-bond acceptors (Lipinski definition) is 5. The number of nitrogens with two attached hydrogens (primary N) is 1. The zero-order valence-corrected chi connectivity index (χ0v) is 13.4. The minimum absolute atomic E-state index is 0.195. The number of aromatic nitrogens is 2. The van der Waals surface area contributed by atoms with E-state index < -0.39 is 5.91 Å². The van der Waals surface area contributed by atoms with Gasteiger partial charge in [-0.1, -0.05) is 18.2 Å². The lowest BCUT2D eigenvalue weighted by molar-refractivity contribution is 0.100. The average Bonchev–Trinajstić information content (AvgIpc) is 3.17. The number of nitrogens with zero attached hydrogens (tertiary/aromatic N) is 2. The molecule has 1 amide bonds. The first-order chi connectivity index (χ1) is 11.7. The third kappa shape index (κ3) is 2.82. The number of primary amides is 1. The number of ether oxygens (including phenoxy) is 1. The summed E-state index contributed by atoms with van der Waals surface area (Å²) in [6, 6.07) is 8.20. The molecule has 0 spiro atoms. The largest absolute Gasteiger partial charge is 0.488 e. The molecule has 2 atom stereocenters. The minimum atomic E-state index is -0.446. The first-order valence-corrected chi connectivity index (χ1v) is 8.25. The van der Waals surface area contributed by atoms with E-state index >= 15 is 0 Å². The molecule has 2 aromatic rings. The SMILES string of the molecule is NC(=O)c1cnn2c1NCC(CNCC1Cc3ccccc3O1)C2. The smallest absolute Gasteiger partial charge is 0.254 e. The third-order valence-corrected chi connectivity index (χ3v) is 4.61. The lowest BCUT2D eigenvalue weighted by atomic mass is 10.1. The standard InChI is InChI=1S/C17H21N5O2/c18-16(23)14-9-21-22-10-11(7-20-17(14)22)6-19-8-13-5-12-3-1-2-4-15(12)24-13/h1-4,9,11,13,19-20H,5-8,10H2,(H2,18,23). The van der Waals surface area contributed by atoms with Crippen molar-refractivity contribution < 1.29 is 9.53 Å². The van der Waals surface area contributed by atoms with Crippen LogP contribution < -0.4 is 21.1 Å². The van der Waals surface area contributed by atoms with E-state index in [4.69, 9.17) is 10.5 Å². The molecule has 0 saturated carbocycles. The van der Waals surface area contributed by atoms with Gasteiger partial charge in [0.25, 0.3) is 5.91 Å². The number of carbonyl (C=O) groups is 1. The van der Waals surface area contributed by atoms with Crippen LogP contribution in [0.25, 0.3) is 0 Å². The molecule has 0 aliphatic carbocycles. The predicted molar refractivity (Wildman–Crippen MR) is 90.2 cm³/mol. The lowest BCUT2D eigenvalue weighted by Crippen LogP contribution is -2.39. The van der Waals surface area contributed by atoms with E-state index in [1.807, 2.05) is 22.9 Å². The maximum absolute atomic E-state index is 11.3. The van der Waals surface area contributed by atoms with Crippen LogP contribution in [-0.2, 0) is 13.0 Å². The molecule has 126 valence electrons. The van der Waals surface area contributed by atoms with Crippen molar-refractivity contribution in [2.24, 2.45) is 11.7 Å². The number of fused-ring (bicyclic) bond motifs is 2. The summed E-state index contributed by atoms with van der Waals surface area (Å²) in [7, 11) is 0. The van der Waals surface area contributed by atoms with Crippen molar-refractivity contribution in [1.82, 2.24) is 15.1 Å². The highest BCUT2D eigenvalue weighted by atomic mass is 16.5. The Morgan fingerprint density at radius 1 is 1.42 bits per heavy atom. The highest BCUT2D eigenvalue weighted by Gasteiger charge is 2.25. The molecule has 3 heterocycles. The van der Waals surface area contributed by atoms with Crippen LogP contribution in [0.15, 0.2) is 30.5 Å². The summed E-state index contributed by atoms with van der Waals surface area (Å²) in [5.41, 5.74) is 7.08. The molecule has 4 N–H and O–H groups in total. The first-order valence-electron chi connectivity index (χ1n) is 8.25. The molecular weight excluding hydrogens is 306 g/mol. The second-order valence-electron chi connectivity index (χ2n) is 6.41. The van der Waals surface area contributed by atoms with Crippen molar-refractivity contribution in [3.63, 3.8) is 0 Å². The summed E-state index contributed by atoms with van der Waals surface area (Å²) in [5, 5.41) is 11.0. The number of benzene rings is 1. The van der Waals surface area contributed by atoms with Gasteiger partial charge in [0.2, 0.25) is 0 Å². The van der Waals surface area contributed by atoms with Crippen molar-refractivity contribution >= 4 is 11.7 Å². The minimum Gasteiger partial charge on any atom is -0.488 e. The predicted octanol–water partition coefficient (Wildman–Crippen LogP) is 0.617. The van der Waals surface area contributed by atoms with Crippen LogP contribution >= 0.6 is 0 Å². The Bertz CT molecular complexity index is 732. The Balaban J connectivity index is 1.27.